The molecule has 1 aliphatic carbocycles. The molecule has 3 aromatic rings. The highest BCUT2D eigenvalue weighted by molar-refractivity contribution is 7.99. The average Bonchev–Trinajstić information content (AvgIpc) is 3.55. The Morgan fingerprint density at radius 1 is 1.09 bits per heavy atom. The van der Waals surface area contributed by atoms with Crippen molar-refractivity contribution in [2.45, 2.75) is 66.9 Å². The lowest BCUT2D eigenvalue weighted by atomic mass is 9.97. The van der Waals surface area contributed by atoms with Crippen molar-refractivity contribution in [1.29, 1.82) is 0 Å². The highest BCUT2D eigenvalue weighted by atomic mass is 32.2. The Balaban J connectivity index is 1.36. The number of anilines is 2. The Kier molecular flexibility index (Phi) is 5.92. The fraction of sp³-hybridized carbons (Fsp3) is 0.458. The highest BCUT2D eigenvalue weighted by Gasteiger charge is 2.29. The molecule has 1 saturated carbocycles. The van der Waals surface area contributed by atoms with E-state index >= 15 is 0 Å². The van der Waals surface area contributed by atoms with Crippen molar-refractivity contribution in [3.05, 3.63) is 54.2 Å². The summed E-state index contributed by atoms with van der Waals surface area (Å²) in [6, 6.07) is 8.38. The minimum Gasteiger partial charge on any atom is -0.384 e. The summed E-state index contributed by atoms with van der Waals surface area (Å²) in [4.78, 5) is 11.1. The molecular weight excluding hydrogens is 422 g/mol. The summed E-state index contributed by atoms with van der Waals surface area (Å²) < 4.78 is 7.74. The highest BCUT2D eigenvalue weighted by Crippen LogP contribution is 2.41. The van der Waals surface area contributed by atoms with Gasteiger partial charge in [-0.1, -0.05) is 11.8 Å². The zero-order valence-electron chi connectivity index (χ0n) is 18.5. The van der Waals surface area contributed by atoms with E-state index in [-0.39, 0.29) is 0 Å². The fourth-order valence-electron chi connectivity index (χ4n) is 3.91. The molecular formula is C24H29N5O2S. The third kappa shape index (κ3) is 4.98. The molecule has 32 heavy (non-hydrogen) atoms. The molecule has 5 rings (SSSR count). The van der Waals surface area contributed by atoms with E-state index in [1.807, 2.05) is 24.4 Å². The number of ether oxygens (including phenoxy) is 1. The van der Waals surface area contributed by atoms with Gasteiger partial charge in [0.25, 0.3) is 0 Å². The van der Waals surface area contributed by atoms with Crippen LogP contribution in [0.15, 0.2) is 52.6 Å². The van der Waals surface area contributed by atoms with Crippen LogP contribution < -0.4 is 5.32 Å². The molecule has 2 fully saturated rings. The summed E-state index contributed by atoms with van der Waals surface area (Å²) in [6.07, 6.45) is 10.2. The first-order valence-corrected chi connectivity index (χ1v) is 12.0. The Hall–Kier alpha value is -2.42. The molecule has 0 bridgehead atoms. The van der Waals surface area contributed by atoms with Gasteiger partial charge >= 0.3 is 0 Å². The zero-order valence-corrected chi connectivity index (χ0v) is 19.3. The minimum atomic E-state index is -0.995. The molecule has 4 heterocycles. The number of hydrogen-bond acceptors (Lipinski definition) is 7. The molecule has 8 heteroatoms. The van der Waals surface area contributed by atoms with Gasteiger partial charge in [0.05, 0.1) is 22.3 Å². The van der Waals surface area contributed by atoms with Crippen molar-refractivity contribution in [3.8, 4) is 0 Å². The van der Waals surface area contributed by atoms with Gasteiger partial charge < -0.3 is 15.2 Å². The number of aromatic nitrogens is 4. The third-order valence-electron chi connectivity index (χ3n) is 5.87. The Labute approximate surface area is 192 Å². The molecule has 168 valence electrons. The molecule has 0 atom stereocenters. The average molecular weight is 452 g/mol. The van der Waals surface area contributed by atoms with Gasteiger partial charge in [-0.05, 0) is 63.8 Å². The second-order valence-electron chi connectivity index (χ2n) is 9.07. The van der Waals surface area contributed by atoms with Crippen LogP contribution in [0.1, 0.15) is 62.9 Å². The molecule has 0 aromatic carbocycles. The molecule has 1 saturated heterocycles. The largest absolute Gasteiger partial charge is 0.384 e. The number of nitrogens with zero attached hydrogens (tertiary/aromatic N) is 4. The van der Waals surface area contributed by atoms with Gasteiger partial charge in [-0.3, -0.25) is 9.67 Å². The van der Waals surface area contributed by atoms with Crippen molar-refractivity contribution >= 4 is 23.3 Å². The second-order valence-corrected chi connectivity index (χ2v) is 10.2. The Morgan fingerprint density at radius 3 is 2.62 bits per heavy atom. The first kappa shape index (κ1) is 21.4. The number of rotatable bonds is 7. The van der Waals surface area contributed by atoms with Crippen LogP contribution in [0.25, 0.3) is 0 Å². The lowest BCUT2D eigenvalue weighted by Crippen LogP contribution is -2.17. The van der Waals surface area contributed by atoms with E-state index in [0.717, 1.165) is 42.5 Å². The topological polar surface area (TPSA) is 85.1 Å². The van der Waals surface area contributed by atoms with Crippen LogP contribution >= 0.6 is 11.8 Å². The molecule has 0 unspecified atom stereocenters. The van der Waals surface area contributed by atoms with Crippen molar-refractivity contribution in [2.75, 3.05) is 18.5 Å². The summed E-state index contributed by atoms with van der Waals surface area (Å²) in [5.41, 5.74) is 1.67. The van der Waals surface area contributed by atoms with Crippen LogP contribution in [-0.4, -0.2) is 38.1 Å². The zero-order chi connectivity index (χ0) is 22.1. The van der Waals surface area contributed by atoms with E-state index in [2.05, 4.69) is 32.2 Å². The summed E-state index contributed by atoms with van der Waals surface area (Å²) in [6.45, 7) is 5.08. The van der Waals surface area contributed by atoms with E-state index in [0.29, 0.717) is 17.7 Å². The van der Waals surface area contributed by atoms with Crippen LogP contribution in [0, 0.1) is 0 Å². The summed E-state index contributed by atoms with van der Waals surface area (Å²) >= 11 is 1.75. The maximum Gasteiger partial charge on any atom is 0.131 e. The standard InChI is InChI=1S/C24H29N5O2S/c1-24(2,30)21-13-17(5-9-25-21)27-22-14-19(6-10-26-22)32-20-15-29(18-3-4-18)28-23(20)16-7-11-31-12-8-16/h5-6,9-10,13-16,18,30H,3-4,7-8,11-12H2,1-2H3,(H,25,26,27). The van der Waals surface area contributed by atoms with E-state index in [4.69, 9.17) is 9.84 Å². The molecule has 0 spiro atoms. The van der Waals surface area contributed by atoms with E-state index in [1.54, 1.807) is 31.8 Å². The van der Waals surface area contributed by atoms with E-state index in [9.17, 15) is 5.11 Å². The van der Waals surface area contributed by atoms with Gasteiger partial charge in [0.15, 0.2) is 0 Å². The van der Waals surface area contributed by atoms with Gasteiger partial charge in [0, 0.05) is 48.3 Å². The number of hydrogen-bond donors (Lipinski definition) is 2. The quantitative estimate of drug-likeness (QED) is 0.521. The lowest BCUT2D eigenvalue weighted by Gasteiger charge is -2.21. The molecule has 2 aliphatic rings. The monoisotopic (exact) mass is 451 g/mol. The third-order valence-corrected chi connectivity index (χ3v) is 6.90. The van der Waals surface area contributed by atoms with Crippen LogP contribution in [0.3, 0.4) is 0 Å². The molecule has 7 nitrogen and oxygen atoms in total. The van der Waals surface area contributed by atoms with E-state index in [1.165, 1.54) is 23.4 Å². The van der Waals surface area contributed by atoms with Gasteiger partial charge in [-0.25, -0.2) is 4.98 Å². The smallest absolute Gasteiger partial charge is 0.131 e. The maximum absolute atomic E-state index is 10.2. The van der Waals surface area contributed by atoms with Crippen molar-refractivity contribution in [2.24, 2.45) is 0 Å². The summed E-state index contributed by atoms with van der Waals surface area (Å²) in [7, 11) is 0. The first-order valence-electron chi connectivity index (χ1n) is 11.2. The first-order chi connectivity index (χ1) is 15.5. The molecule has 3 aromatic heterocycles. The van der Waals surface area contributed by atoms with Crippen molar-refractivity contribution in [1.82, 2.24) is 19.7 Å². The number of nitrogens with one attached hydrogen (secondary N) is 1. The molecule has 2 N–H and O–H groups in total. The fourth-order valence-corrected chi connectivity index (χ4v) is 4.93. The minimum absolute atomic E-state index is 0.461. The summed E-state index contributed by atoms with van der Waals surface area (Å²) in [5.74, 6) is 1.22. The van der Waals surface area contributed by atoms with Gasteiger partial charge in [0.1, 0.15) is 11.4 Å². The second kappa shape index (κ2) is 8.84. The van der Waals surface area contributed by atoms with Crippen LogP contribution in [0.5, 0.6) is 0 Å². The molecule has 1 aliphatic heterocycles. The Morgan fingerprint density at radius 2 is 1.88 bits per heavy atom. The number of aliphatic hydroxyl groups is 1. The van der Waals surface area contributed by atoms with Crippen molar-refractivity contribution < 1.29 is 9.84 Å². The van der Waals surface area contributed by atoms with Crippen LogP contribution in [0.4, 0.5) is 11.5 Å². The van der Waals surface area contributed by atoms with Crippen LogP contribution in [0.2, 0.25) is 0 Å². The summed E-state index contributed by atoms with van der Waals surface area (Å²) in [5, 5.41) is 18.6. The van der Waals surface area contributed by atoms with Crippen LogP contribution in [-0.2, 0) is 10.3 Å². The molecule has 0 amide bonds. The van der Waals surface area contributed by atoms with Crippen molar-refractivity contribution in [3.63, 3.8) is 0 Å². The van der Waals surface area contributed by atoms with Gasteiger partial charge in [0.2, 0.25) is 0 Å². The molecule has 0 radical (unpaired) electrons. The normalized spacial score (nSPS) is 17.5. The maximum atomic E-state index is 10.2. The van der Waals surface area contributed by atoms with Gasteiger partial charge in [-0.2, -0.15) is 5.10 Å². The SMILES string of the molecule is CC(C)(O)c1cc(Nc2cc(Sc3cn(C4CC4)nc3C3CCOCC3)ccn2)ccn1. The predicted molar refractivity (Wildman–Crippen MR) is 124 cm³/mol. The lowest BCUT2D eigenvalue weighted by molar-refractivity contribution is 0.0739. The number of pyridine rings is 2. The predicted octanol–water partition coefficient (Wildman–Crippen LogP) is 5.02. The van der Waals surface area contributed by atoms with Gasteiger partial charge in [-0.15, -0.1) is 0 Å². The van der Waals surface area contributed by atoms with E-state index < -0.39 is 5.60 Å². The Bertz CT molecular complexity index is 1080.